The van der Waals surface area contributed by atoms with Crippen LogP contribution in [0.15, 0.2) is 24.3 Å². The highest BCUT2D eigenvalue weighted by Crippen LogP contribution is 2.30. The van der Waals surface area contributed by atoms with Crippen molar-refractivity contribution in [3.8, 4) is 5.75 Å². The lowest BCUT2D eigenvalue weighted by Gasteiger charge is -2.39. The lowest BCUT2D eigenvalue weighted by molar-refractivity contribution is -0.152. The van der Waals surface area contributed by atoms with Crippen molar-refractivity contribution < 1.29 is 14.3 Å². The van der Waals surface area contributed by atoms with Crippen LogP contribution in [0.3, 0.4) is 0 Å². The van der Waals surface area contributed by atoms with Crippen LogP contribution < -0.4 is 4.74 Å². The normalized spacial score (nSPS) is 26.1. The van der Waals surface area contributed by atoms with Crippen molar-refractivity contribution in [2.24, 2.45) is 0 Å². The van der Waals surface area contributed by atoms with Gasteiger partial charge in [0, 0.05) is 19.5 Å². The molecule has 4 nitrogen and oxygen atoms in total. The molecular formula is C14H17NO3. The highest BCUT2D eigenvalue weighted by atomic mass is 16.5. The van der Waals surface area contributed by atoms with Crippen LogP contribution in [0.2, 0.25) is 0 Å². The van der Waals surface area contributed by atoms with E-state index in [2.05, 4.69) is 11.0 Å². The van der Waals surface area contributed by atoms with Crippen LogP contribution >= 0.6 is 0 Å². The van der Waals surface area contributed by atoms with Crippen molar-refractivity contribution >= 4 is 5.97 Å². The third-order valence-corrected chi connectivity index (χ3v) is 3.76. The standard InChI is InChI=1S/C14H17NO3/c1-17-14(16)12-6-7-15(12)9-11-8-10-4-2-3-5-13(10)18-11/h2-5,11-12H,6-9H2,1H3. The van der Waals surface area contributed by atoms with Gasteiger partial charge in [0.2, 0.25) is 0 Å². The van der Waals surface area contributed by atoms with Gasteiger partial charge in [-0.3, -0.25) is 9.69 Å². The zero-order chi connectivity index (χ0) is 12.5. The molecule has 3 rings (SSSR count). The topological polar surface area (TPSA) is 38.8 Å². The van der Waals surface area contributed by atoms with E-state index >= 15 is 0 Å². The molecule has 2 atom stereocenters. The van der Waals surface area contributed by atoms with Crippen LogP contribution in [0.1, 0.15) is 12.0 Å². The molecule has 2 heterocycles. The number of fused-ring (bicyclic) bond motifs is 1. The molecule has 1 fully saturated rings. The number of methoxy groups -OCH3 is 1. The van der Waals surface area contributed by atoms with Gasteiger partial charge in [-0.2, -0.15) is 0 Å². The molecule has 0 bridgehead atoms. The Bertz CT molecular complexity index is 435. The van der Waals surface area contributed by atoms with Gasteiger partial charge in [0.25, 0.3) is 0 Å². The number of rotatable bonds is 3. The van der Waals surface area contributed by atoms with Gasteiger partial charge in [-0.05, 0) is 18.1 Å². The molecule has 1 aromatic rings. The fourth-order valence-corrected chi connectivity index (χ4v) is 2.68. The van der Waals surface area contributed by atoms with E-state index in [1.165, 1.54) is 12.7 Å². The van der Waals surface area contributed by atoms with Gasteiger partial charge >= 0.3 is 5.97 Å². The van der Waals surface area contributed by atoms with Gasteiger partial charge in [-0.15, -0.1) is 0 Å². The maximum atomic E-state index is 11.5. The number of ether oxygens (including phenoxy) is 2. The molecule has 0 amide bonds. The Kier molecular flexibility index (Phi) is 2.96. The van der Waals surface area contributed by atoms with E-state index in [9.17, 15) is 4.79 Å². The molecule has 0 spiro atoms. The molecule has 0 aliphatic carbocycles. The second kappa shape index (κ2) is 4.61. The number of likely N-dealkylation sites (tertiary alicyclic amines) is 1. The van der Waals surface area contributed by atoms with Gasteiger partial charge < -0.3 is 9.47 Å². The Morgan fingerprint density at radius 3 is 3.00 bits per heavy atom. The number of benzene rings is 1. The smallest absolute Gasteiger partial charge is 0.323 e. The summed E-state index contributed by atoms with van der Waals surface area (Å²) in [7, 11) is 1.45. The van der Waals surface area contributed by atoms with E-state index in [0.29, 0.717) is 0 Å². The van der Waals surface area contributed by atoms with Crippen molar-refractivity contribution in [1.29, 1.82) is 0 Å². The molecule has 2 unspecified atom stereocenters. The number of carbonyl (C=O) groups is 1. The van der Waals surface area contributed by atoms with Crippen LogP contribution in [0, 0.1) is 0 Å². The van der Waals surface area contributed by atoms with Crippen molar-refractivity contribution in [1.82, 2.24) is 4.90 Å². The average molecular weight is 247 g/mol. The van der Waals surface area contributed by atoms with Crippen molar-refractivity contribution in [2.45, 2.75) is 25.0 Å². The molecule has 96 valence electrons. The SMILES string of the molecule is COC(=O)C1CCN1CC1Cc2ccccc2O1. The molecule has 2 aliphatic rings. The highest BCUT2D eigenvalue weighted by Gasteiger charge is 2.37. The van der Waals surface area contributed by atoms with E-state index in [-0.39, 0.29) is 18.1 Å². The molecule has 4 heteroatoms. The Morgan fingerprint density at radius 2 is 2.33 bits per heavy atom. The molecule has 2 aliphatic heterocycles. The van der Waals surface area contributed by atoms with Gasteiger partial charge in [-0.1, -0.05) is 18.2 Å². The van der Waals surface area contributed by atoms with Crippen LogP contribution in [0.4, 0.5) is 0 Å². The molecule has 1 saturated heterocycles. The Balaban J connectivity index is 1.58. The van der Waals surface area contributed by atoms with Gasteiger partial charge in [0.15, 0.2) is 0 Å². The second-order valence-corrected chi connectivity index (χ2v) is 4.87. The first kappa shape index (κ1) is 11.5. The summed E-state index contributed by atoms with van der Waals surface area (Å²) in [5.74, 6) is 0.856. The first-order chi connectivity index (χ1) is 8.78. The minimum absolute atomic E-state index is 0.0673. The molecular weight excluding hydrogens is 230 g/mol. The van der Waals surface area contributed by atoms with Crippen molar-refractivity contribution in [3.05, 3.63) is 29.8 Å². The van der Waals surface area contributed by atoms with Crippen LogP contribution in [0.5, 0.6) is 5.75 Å². The van der Waals surface area contributed by atoms with E-state index in [1.807, 2.05) is 18.2 Å². The quantitative estimate of drug-likeness (QED) is 0.753. The largest absolute Gasteiger partial charge is 0.488 e. The van der Waals surface area contributed by atoms with Gasteiger partial charge in [-0.25, -0.2) is 0 Å². The van der Waals surface area contributed by atoms with Gasteiger partial charge in [0.05, 0.1) is 7.11 Å². The summed E-state index contributed by atoms with van der Waals surface area (Å²) >= 11 is 0. The Morgan fingerprint density at radius 1 is 1.50 bits per heavy atom. The first-order valence-electron chi connectivity index (χ1n) is 6.34. The van der Waals surface area contributed by atoms with Gasteiger partial charge in [0.1, 0.15) is 17.9 Å². The minimum atomic E-state index is -0.128. The first-order valence-corrected chi connectivity index (χ1v) is 6.34. The number of para-hydroxylation sites is 1. The van der Waals surface area contributed by atoms with E-state index < -0.39 is 0 Å². The summed E-state index contributed by atoms with van der Waals surface area (Å²) < 4.78 is 10.7. The molecule has 0 aromatic heterocycles. The fourth-order valence-electron chi connectivity index (χ4n) is 2.68. The number of carbonyl (C=O) groups excluding carboxylic acids is 1. The summed E-state index contributed by atoms with van der Waals surface area (Å²) in [5, 5.41) is 0. The molecule has 0 radical (unpaired) electrons. The number of hydrogen-bond donors (Lipinski definition) is 0. The van der Waals surface area contributed by atoms with Crippen molar-refractivity contribution in [3.63, 3.8) is 0 Å². The summed E-state index contributed by atoms with van der Waals surface area (Å²) in [6, 6.07) is 8.06. The summed E-state index contributed by atoms with van der Waals surface area (Å²) in [5.41, 5.74) is 1.26. The van der Waals surface area contributed by atoms with Crippen LogP contribution in [-0.4, -0.2) is 43.2 Å². The summed E-state index contributed by atoms with van der Waals surface area (Å²) in [6.07, 6.45) is 1.99. The Hall–Kier alpha value is -1.55. The lowest BCUT2D eigenvalue weighted by Crippen LogP contribution is -2.55. The number of hydrogen-bond acceptors (Lipinski definition) is 4. The lowest BCUT2D eigenvalue weighted by atomic mass is 10.0. The predicted octanol–water partition coefficient (Wildman–Crippen LogP) is 1.24. The second-order valence-electron chi connectivity index (χ2n) is 4.87. The molecule has 18 heavy (non-hydrogen) atoms. The highest BCUT2D eigenvalue weighted by molar-refractivity contribution is 5.76. The molecule has 1 aromatic carbocycles. The average Bonchev–Trinajstić information content (AvgIpc) is 2.77. The number of esters is 1. The van der Waals surface area contributed by atoms with E-state index in [1.54, 1.807) is 0 Å². The molecule has 0 saturated carbocycles. The fraction of sp³-hybridized carbons (Fsp3) is 0.500. The monoisotopic (exact) mass is 247 g/mol. The predicted molar refractivity (Wildman–Crippen MR) is 66.6 cm³/mol. The maximum absolute atomic E-state index is 11.5. The van der Waals surface area contributed by atoms with Crippen molar-refractivity contribution in [2.75, 3.05) is 20.2 Å². The minimum Gasteiger partial charge on any atom is -0.488 e. The Labute approximate surface area is 106 Å². The van der Waals surface area contributed by atoms with E-state index in [0.717, 1.165) is 31.7 Å². The summed E-state index contributed by atoms with van der Waals surface area (Å²) in [6.45, 7) is 1.75. The zero-order valence-electron chi connectivity index (χ0n) is 10.5. The molecule has 0 N–H and O–H groups in total. The number of nitrogens with zero attached hydrogens (tertiary/aromatic N) is 1. The third kappa shape index (κ3) is 1.97. The third-order valence-electron chi connectivity index (χ3n) is 3.76. The van der Waals surface area contributed by atoms with Crippen LogP contribution in [-0.2, 0) is 16.0 Å². The zero-order valence-corrected chi connectivity index (χ0v) is 10.5. The van der Waals surface area contributed by atoms with Crippen LogP contribution in [0.25, 0.3) is 0 Å². The summed E-state index contributed by atoms with van der Waals surface area (Å²) in [4.78, 5) is 13.6. The maximum Gasteiger partial charge on any atom is 0.323 e. The van der Waals surface area contributed by atoms with E-state index in [4.69, 9.17) is 9.47 Å².